The number of hydrogen-bond acceptors (Lipinski definition) is 4. The van der Waals surface area contributed by atoms with Crippen LogP contribution in [0.5, 0.6) is 0 Å². The fourth-order valence-electron chi connectivity index (χ4n) is 4.45. The van der Waals surface area contributed by atoms with Gasteiger partial charge in [0.25, 0.3) is 0 Å². The Hall–Kier alpha value is -1.30. The van der Waals surface area contributed by atoms with Crippen LogP contribution in [0.2, 0.25) is 0 Å². The molecule has 2 atom stereocenters. The first-order valence-corrected chi connectivity index (χ1v) is 8.63. The molecule has 0 spiro atoms. The molecule has 1 saturated carbocycles. The number of rotatable bonds is 3. The van der Waals surface area contributed by atoms with Crippen LogP contribution in [-0.2, 0) is 9.53 Å². The SMILES string of the molecule is CC(C)(C)OC(=O)N1CC(CC(=O)O)(N2CC3CCCC3C2)C1. The van der Waals surface area contributed by atoms with Gasteiger partial charge < -0.3 is 14.7 Å². The molecule has 3 aliphatic rings. The topological polar surface area (TPSA) is 70.1 Å². The van der Waals surface area contributed by atoms with Crippen molar-refractivity contribution >= 4 is 12.1 Å². The lowest BCUT2D eigenvalue weighted by atomic mass is 9.84. The van der Waals surface area contributed by atoms with Gasteiger partial charge in [0.2, 0.25) is 0 Å². The zero-order valence-electron chi connectivity index (χ0n) is 14.4. The third-order valence-electron chi connectivity index (χ3n) is 5.50. The molecule has 3 fully saturated rings. The molecule has 130 valence electrons. The van der Waals surface area contributed by atoms with Gasteiger partial charge in [0, 0.05) is 26.2 Å². The van der Waals surface area contributed by atoms with Crippen LogP contribution in [0.15, 0.2) is 0 Å². The first-order chi connectivity index (χ1) is 10.7. The molecule has 6 heteroatoms. The predicted octanol–water partition coefficient (Wildman–Crippen LogP) is 2.18. The van der Waals surface area contributed by atoms with E-state index in [-0.39, 0.29) is 12.5 Å². The second kappa shape index (κ2) is 5.65. The standard InChI is InChI=1S/C17H28N2O4/c1-16(2,3)23-15(22)18-10-17(11-18,7-14(20)21)19-8-12-5-4-6-13(12)9-19/h12-13H,4-11H2,1-3H3,(H,20,21). The Bertz CT molecular complexity index is 481. The van der Waals surface area contributed by atoms with Crippen LogP contribution >= 0.6 is 0 Å². The van der Waals surface area contributed by atoms with Crippen molar-refractivity contribution in [1.29, 1.82) is 0 Å². The van der Waals surface area contributed by atoms with Crippen molar-refractivity contribution in [2.75, 3.05) is 26.2 Å². The predicted molar refractivity (Wildman–Crippen MR) is 85.2 cm³/mol. The van der Waals surface area contributed by atoms with Crippen molar-refractivity contribution in [3.63, 3.8) is 0 Å². The number of ether oxygens (including phenoxy) is 1. The second-order valence-corrected chi connectivity index (χ2v) is 8.49. The van der Waals surface area contributed by atoms with Crippen LogP contribution in [0, 0.1) is 11.8 Å². The van der Waals surface area contributed by atoms with Crippen LogP contribution in [-0.4, -0.2) is 64.3 Å². The summed E-state index contributed by atoms with van der Waals surface area (Å²) in [6, 6.07) is 0. The summed E-state index contributed by atoms with van der Waals surface area (Å²) in [5.41, 5.74) is -0.917. The van der Waals surface area contributed by atoms with E-state index in [0.29, 0.717) is 13.1 Å². The molecule has 2 aliphatic heterocycles. The van der Waals surface area contributed by atoms with Gasteiger partial charge in [-0.3, -0.25) is 9.69 Å². The van der Waals surface area contributed by atoms with Crippen molar-refractivity contribution < 1.29 is 19.4 Å². The lowest BCUT2D eigenvalue weighted by Crippen LogP contribution is -2.71. The maximum Gasteiger partial charge on any atom is 0.410 e. The molecule has 2 saturated heterocycles. The molecular weight excluding hydrogens is 296 g/mol. The van der Waals surface area contributed by atoms with E-state index in [2.05, 4.69) is 4.90 Å². The molecule has 1 amide bonds. The lowest BCUT2D eigenvalue weighted by Gasteiger charge is -2.54. The number of fused-ring (bicyclic) bond motifs is 1. The Morgan fingerprint density at radius 2 is 1.74 bits per heavy atom. The Labute approximate surface area is 137 Å². The van der Waals surface area contributed by atoms with Crippen molar-refractivity contribution in [2.24, 2.45) is 11.8 Å². The molecular formula is C17H28N2O4. The van der Waals surface area contributed by atoms with Gasteiger partial charge in [-0.1, -0.05) is 6.42 Å². The summed E-state index contributed by atoms with van der Waals surface area (Å²) < 4.78 is 5.40. The average molecular weight is 324 g/mol. The Morgan fingerprint density at radius 1 is 1.17 bits per heavy atom. The Balaban J connectivity index is 1.64. The van der Waals surface area contributed by atoms with E-state index in [1.807, 2.05) is 20.8 Å². The minimum Gasteiger partial charge on any atom is -0.481 e. The van der Waals surface area contributed by atoms with Crippen LogP contribution < -0.4 is 0 Å². The molecule has 3 rings (SSSR count). The van der Waals surface area contributed by atoms with E-state index >= 15 is 0 Å². The van der Waals surface area contributed by atoms with E-state index in [9.17, 15) is 14.7 Å². The van der Waals surface area contributed by atoms with Crippen molar-refractivity contribution in [2.45, 2.75) is 57.6 Å². The largest absolute Gasteiger partial charge is 0.481 e. The number of hydrogen-bond donors (Lipinski definition) is 1. The number of aliphatic carboxylic acids is 1. The maximum atomic E-state index is 12.2. The van der Waals surface area contributed by atoms with Crippen LogP contribution in [0.3, 0.4) is 0 Å². The summed E-state index contributed by atoms with van der Waals surface area (Å²) in [6.07, 6.45) is 3.60. The molecule has 2 unspecified atom stereocenters. The summed E-state index contributed by atoms with van der Waals surface area (Å²) in [5.74, 6) is 0.651. The first kappa shape index (κ1) is 16.6. The summed E-state index contributed by atoms with van der Waals surface area (Å²) >= 11 is 0. The molecule has 23 heavy (non-hydrogen) atoms. The molecule has 1 N–H and O–H groups in total. The van der Waals surface area contributed by atoms with E-state index in [1.165, 1.54) is 19.3 Å². The van der Waals surface area contributed by atoms with E-state index in [0.717, 1.165) is 24.9 Å². The Kier molecular flexibility index (Phi) is 4.07. The molecule has 6 nitrogen and oxygen atoms in total. The van der Waals surface area contributed by atoms with Crippen LogP contribution in [0.4, 0.5) is 4.79 Å². The zero-order chi connectivity index (χ0) is 16.8. The number of carbonyl (C=O) groups is 2. The van der Waals surface area contributed by atoms with Crippen molar-refractivity contribution in [3.05, 3.63) is 0 Å². The van der Waals surface area contributed by atoms with Crippen molar-refractivity contribution in [1.82, 2.24) is 9.80 Å². The van der Waals surface area contributed by atoms with E-state index < -0.39 is 17.1 Å². The summed E-state index contributed by atoms with van der Waals surface area (Å²) in [7, 11) is 0. The first-order valence-electron chi connectivity index (χ1n) is 8.63. The van der Waals surface area contributed by atoms with Crippen LogP contribution in [0.25, 0.3) is 0 Å². The van der Waals surface area contributed by atoms with Gasteiger partial charge in [0.15, 0.2) is 0 Å². The summed E-state index contributed by atoms with van der Waals surface area (Å²) in [6.45, 7) is 8.44. The van der Waals surface area contributed by atoms with Gasteiger partial charge in [-0.2, -0.15) is 0 Å². The second-order valence-electron chi connectivity index (χ2n) is 8.49. The van der Waals surface area contributed by atoms with Crippen molar-refractivity contribution in [3.8, 4) is 0 Å². The molecule has 0 aromatic carbocycles. The monoisotopic (exact) mass is 324 g/mol. The highest BCUT2D eigenvalue weighted by molar-refractivity contribution is 5.73. The number of nitrogens with zero attached hydrogens (tertiary/aromatic N) is 2. The van der Waals surface area contributed by atoms with E-state index in [1.54, 1.807) is 4.90 Å². The molecule has 0 radical (unpaired) electrons. The average Bonchev–Trinajstić information content (AvgIpc) is 2.90. The van der Waals surface area contributed by atoms with Gasteiger partial charge in [-0.15, -0.1) is 0 Å². The molecule has 0 aromatic heterocycles. The van der Waals surface area contributed by atoms with Gasteiger partial charge in [-0.25, -0.2) is 4.79 Å². The molecule has 2 heterocycles. The lowest BCUT2D eigenvalue weighted by molar-refractivity contribution is -0.145. The van der Waals surface area contributed by atoms with Gasteiger partial charge >= 0.3 is 12.1 Å². The number of carboxylic acids is 1. The summed E-state index contributed by atoms with van der Waals surface area (Å²) in [5, 5.41) is 9.33. The van der Waals surface area contributed by atoms with Gasteiger partial charge in [-0.05, 0) is 45.4 Å². The van der Waals surface area contributed by atoms with Gasteiger partial charge in [0.1, 0.15) is 5.60 Å². The summed E-state index contributed by atoms with van der Waals surface area (Å²) in [4.78, 5) is 27.5. The third-order valence-corrected chi connectivity index (χ3v) is 5.50. The zero-order valence-corrected chi connectivity index (χ0v) is 14.4. The normalized spacial score (nSPS) is 30.0. The fourth-order valence-corrected chi connectivity index (χ4v) is 4.45. The number of carboxylic acid groups (broad SMARTS) is 1. The van der Waals surface area contributed by atoms with Gasteiger partial charge in [0.05, 0.1) is 12.0 Å². The third kappa shape index (κ3) is 3.32. The fraction of sp³-hybridized carbons (Fsp3) is 0.882. The smallest absolute Gasteiger partial charge is 0.410 e. The molecule has 0 bridgehead atoms. The molecule has 1 aliphatic carbocycles. The molecule has 0 aromatic rings. The number of carbonyl (C=O) groups excluding carboxylic acids is 1. The quantitative estimate of drug-likeness (QED) is 0.861. The Morgan fingerprint density at radius 3 is 2.22 bits per heavy atom. The highest BCUT2D eigenvalue weighted by Gasteiger charge is 2.54. The minimum absolute atomic E-state index is 0.103. The maximum absolute atomic E-state index is 12.2. The van der Waals surface area contributed by atoms with Crippen LogP contribution in [0.1, 0.15) is 46.5 Å². The minimum atomic E-state index is -0.786. The highest BCUT2D eigenvalue weighted by Crippen LogP contribution is 2.43. The number of amides is 1. The highest BCUT2D eigenvalue weighted by atomic mass is 16.6. The number of likely N-dealkylation sites (tertiary alicyclic amines) is 2. The van der Waals surface area contributed by atoms with E-state index in [4.69, 9.17) is 4.74 Å².